The number of ether oxygens (including phenoxy) is 1. The van der Waals surface area contributed by atoms with E-state index in [4.69, 9.17) is 16.3 Å². The number of esters is 1. The molecule has 2 N–H and O–H groups in total. The minimum absolute atomic E-state index is 0.0551. The van der Waals surface area contributed by atoms with Gasteiger partial charge in [-0.05, 0) is 85.3 Å². The highest BCUT2D eigenvalue weighted by atomic mass is 79.9. The molecule has 4 aromatic rings. The molecule has 11 heteroatoms. The molecule has 0 spiro atoms. The lowest BCUT2D eigenvalue weighted by atomic mass is 10.1. The topological polar surface area (TPSA) is 114 Å². The molecule has 0 unspecified atom stereocenters. The molecule has 4 rings (SSSR count). The van der Waals surface area contributed by atoms with Gasteiger partial charge in [0.25, 0.3) is 15.9 Å². The van der Waals surface area contributed by atoms with Crippen LogP contribution in [-0.4, -0.2) is 26.5 Å². The van der Waals surface area contributed by atoms with Gasteiger partial charge >= 0.3 is 5.97 Å². The van der Waals surface area contributed by atoms with E-state index < -0.39 is 21.9 Å². The normalized spacial score (nSPS) is 11.3. The van der Waals surface area contributed by atoms with Crippen LogP contribution in [0.4, 0.5) is 5.69 Å². The van der Waals surface area contributed by atoms with Crippen molar-refractivity contribution in [3.63, 3.8) is 0 Å². The predicted molar refractivity (Wildman–Crippen MR) is 154 cm³/mol. The van der Waals surface area contributed by atoms with Gasteiger partial charge in [-0.15, -0.1) is 0 Å². The van der Waals surface area contributed by atoms with E-state index in [9.17, 15) is 18.0 Å². The molecule has 4 aromatic carbocycles. The van der Waals surface area contributed by atoms with E-state index in [0.717, 1.165) is 10.0 Å². The molecule has 0 fully saturated rings. The lowest BCUT2D eigenvalue weighted by Crippen LogP contribution is -2.18. The average molecular weight is 627 g/mol. The summed E-state index contributed by atoms with van der Waals surface area (Å²) in [5, 5.41) is 4.41. The summed E-state index contributed by atoms with van der Waals surface area (Å²) in [5.74, 6) is -0.769. The van der Waals surface area contributed by atoms with Crippen molar-refractivity contribution < 1.29 is 22.7 Å². The molecule has 0 saturated carbocycles. The monoisotopic (exact) mass is 625 g/mol. The van der Waals surface area contributed by atoms with Crippen molar-refractivity contribution in [2.45, 2.75) is 11.8 Å². The maximum atomic E-state index is 12.7. The number of nitrogens with zero attached hydrogens (tertiary/aromatic N) is 1. The Morgan fingerprint density at radius 1 is 0.949 bits per heavy atom. The van der Waals surface area contributed by atoms with Gasteiger partial charge in [-0.3, -0.25) is 9.52 Å². The fourth-order valence-electron chi connectivity index (χ4n) is 3.41. The number of hydrazone groups is 1. The van der Waals surface area contributed by atoms with Crippen LogP contribution in [0.3, 0.4) is 0 Å². The van der Waals surface area contributed by atoms with Crippen LogP contribution in [0, 0.1) is 6.92 Å². The minimum Gasteiger partial charge on any atom is -0.422 e. The molecule has 0 aliphatic rings. The number of carbonyl (C=O) groups excluding carboxylic acids is 2. The van der Waals surface area contributed by atoms with Crippen LogP contribution >= 0.6 is 27.5 Å². The molecule has 0 radical (unpaired) electrons. The number of amides is 1. The lowest BCUT2D eigenvalue weighted by molar-refractivity contribution is 0.0733. The number of sulfonamides is 1. The van der Waals surface area contributed by atoms with Crippen molar-refractivity contribution in [2.75, 3.05) is 4.72 Å². The van der Waals surface area contributed by atoms with Crippen molar-refractivity contribution in [1.29, 1.82) is 0 Å². The first-order chi connectivity index (χ1) is 18.6. The number of benzene rings is 4. The smallest absolute Gasteiger partial charge is 0.343 e. The summed E-state index contributed by atoms with van der Waals surface area (Å²) in [6.07, 6.45) is 1.36. The van der Waals surface area contributed by atoms with Crippen LogP contribution in [0.2, 0.25) is 5.02 Å². The number of halogens is 2. The van der Waals surface area contributed by atoms with E-state index in [1.54, 1.807) is 30.3 Å². The van der Waals surface area contributed by atoms with E-state index in [-0.39, 0.29) is 21.9 Å². The number of rotatable bonds is 8. The zero-order chi connectivity index (χ0) is 28.0. The van der Waals surface area contributed by atoms with Gasteiger partial charge in [0, 0.05) is 26.3 Å². The molecule has 0 atom stereocenters. The molecule has 198 valence electrons. The molecular formula is C28H21BrClN3O5S. The summed E-state index contributed by atoms with van der Waals surface area (Å²) in [6, 6.07) is 23.7. The fraction of sp³-hybridized carbons (Fsp3) is 0.0357. The second-order valence-corrected chi connectivity index (χ2v) is 11.3. The van der Waals surface area contributed by atoms with E-state index in [1.165, 1.54) is 54.7 Å². The summed E-state index contributed by atoms with van der Waals surface area (Å²) in [5.41, 5.74) is 4.62. The number of hydrogen-bond donors (Lipinski definition) is 2. The maximum absolute atomic E-state index is 12.7. The molecule has 0 aliphatic heterocycles. The van der Waals surface area contributed by atoms with Gasteiger partial charge in [0.05, 0.1) is 16.7 Å². The quantitative estimate of drug-likeness (QED) is 0.105. The zero-order valence-electron chi connectivity index (χ0n) is 20.4. The summed E-state index contributed by atoms with van der Waals surface area (Å²) in [4.78, 5) is 25.3. The lowest BCUT2D eigenvalue weighted by Gasteiger charge is -2.10. The summed E-state index contributed by atoms with van der Waals surface area (Å²) >= 11 is 9.20. The molecule has 0 aliphatic carbocycles. The Morgan fingerprint density at radius 3 is 2.33 bits per heavy atom. The van der Waals surface area contributed by atoms with E-state index in [1.807, 2.05) is 19.1 Å². The van der Waals surface area contributed by atoms with Gasteiger partial charge in [-0.25, -0.2) is 18.6 Å². The molecule has 0 heterocycles. The standard InChI is InChI=1S/C28H21BrClN3O5S/c1-18-4-2-3-5-25(18)28(35)38-26-15-8-21(29)16-20(26)17-31-32-27(34)19-6-11-23(12-7-19)33-39(36,37)24-13-9-22(30)10-14-24/h2-17,33H,1H3,(H,32,34). The molecule has 8 nitrogen and oxygen atoms in total. The number of hydrogen-bond acceptors (Lipinski definition) is 6. The molecular weight excluding hydrogens is 606 g/mol. The van der Waals surface area contributed by atoms with Gasteiger partial charge in [0.15, 0.2) is 0 Å². The Kier molecular flexibility index (Phi) is 8.80. The number of anilines is 1. The SMILES string of the molecule is Cc1ccccc1C(=O)Oc1ccc(Br)cc1C=NNC(=O)c1ccc(NS(=O)(=O)c2ccc(Cl)cc2)cc1. The number of carbonyl (C=O) groups is 2. The molecule has 0 saturated heterocycles. The highest BCUT2D eigenvalue weighted by molar-refractivity contribution is 9.10. The van der Waals surface area contributed by atoms with Gasteiger partial charge in [-0.1, -0.05) is 45.7 Å². The number of aryl methyl sites for hydroxylation is 1. The summed E-state index contributed by atoms with van der Waals surface area (Å²) in [6.45, 7) is 1.82. The maximum Gasteiger partial charge on any atom is 0.343 e. The van der Waals surface area contributed by atoms with Gasteiger partial charge in [-0.2, -0.15) is 5.10 Å². The summed E-state index contributed by atoms with van der Waals surface area (Å²) in [7, 11) is -3.82. The highest BCUT2D eigenvalue weighted by Gasteiger charge is 2.15. The van der Waals surface area contributed by atoms with Crippen LogP contribution in [0.5, 0.6) is 5.75 Å². The van der Waals surface area contributed by atoms with Crippen molar-refractivity contribution in [2.24, 2.45) is 5.10 Å². The first-order valence-electron chi connectivity index (χ1n) is 11.4. The van der Waals surface area contributed by atoms with Gasteiger partial charge in [0.1, 0.15) is 5.75 Å². The first kappa shape index (κ1) is 28.0. The van der Waals surface area contributed by atoms with E-state index in [0.29, 0.717) is 16.1 Å². The van der Waals surface area contributed by atoms with Crippen LogP contribution in [0.1, 0.15) is 31.8 Å². The molecule has 39 heavy (non-hydrogen) atoms. The first-order valence-corrected chi connectivity index (χ1v) is 14.1. The second-order valence-electron chi connectivity index (χ2n) is 8.22. The predicted octanol–water partition coefficient (Wildman–Crippen LogP) is 6.19. The highest BCUT2D eigenvalue weighted by Crippen LogP contribution is 2.24. The third kappa shape index (κ3) is 7.32. The third-order valence-corrected chi connectivity index (χ3v) is 7.57. The van der Waals surface area contributed by atoms with E-state index in [2.05, 4.69) is 31.2 Å². The minimum atomic E-state index is -3.82. The van der Waals surface area contributed by atoms with Crippen molar-refractivity contribution in [1.82, 2.24) is 5.43 Å². The molecule has 0 aromatic heterocycles. The largest absolute Gasteiger partial charge is 0.422 e. The fourth-order valence-corrected chi connectivity index (χ4v) is 4.98. The Bertz CT molecular complexity index is 1660. The van der Waals surface area contributed by atoms with Crippen LogP contribution in [0.25, 0.3) is 0 Å². The van der Waals surface area contributed by atoms with Crippen molar-refractivity contribution in [3.8, 4) is 5.75 Å². The van der Waals surface area contributed by atoms with Crippen LogP contribution < -0.4 is 14.9 Å². The second kappa shape index (κ2) is 12.2. The summed E-state index contributed by atoms with van der Waals surface area (Å²) < 4.78 is 33.8. The van der Waals surface area contributed by atoms with E-state index >= 15 is 0 Å². The Labute approximate surface area is 238 Å². The zero-order valence-corrected chi connectivity index (χ0v) is 23.5. The Balaban J connectivity index is 1.41. The van der Waals surface area contributed by atoms with Gasteiger partial charge in [0.2, 0.25) is 0 Å². The Hall–Kier alpha value is -3.99. The Morgan fingerprint density at radius 2 is 1.64 bits per heavy atom. The number of nitrogens with one attached hydrogen (secondary N) is 2. The molecule has 0 bridgehead atoms. The average Bonchev–Trinajstić information content (AvgIpc) is 2.90. The van der Waals surface area contributed by atoms with Crippen molar-refractivity contribution >= 4 is 61.3 Å². The van der Waals surface area contributed by atoms with Crippen molar-refractivity contribution in [3.05, 3.63) is 123 Å². The molecule has 1 amide bonds. The van der Waals surface area contributed by atoms with Gasteiger partial charge < -0.3 is 4.74 Å². The van der Waals surface area contributed by atoms with Crippen LogP contribution in [0.15, 0.2) is 105 Å². The van der Waals surface area contributed by atoms with Crippen LogP contribution in [-0.2, 0) is 10.0 Å². The third-order valence-electron chi connectivity index (χ3n) is 5.43.